The van der Waals surface area contributed by atoms with Crippen LogP contribution in [0.3, 0.4) is 0 Å². The smallest absolute Gasteiger partial charge is 0.0387 e. The van der Waals surface area contributed by atoms with Crippen LogP contribution < -0.4 is 15.5 Å². The van der Waals surface area contributed by atoms with Gasteiger partial charge in [0.1, 0.15) is 0 Å². The van der Waals surface area contributed by atoms with Gasteiger partial charge >= 0.3 is 0 Å². The Morgan fingerprint density at radius 2 is 1.95 bits per heavy atom. The maximum Gasteiger partial charge on any atom is 0.0387 e. The van der Waals surface area contributed by atoms with E-state index in [0.717, 1.165) is 45.2 Å². The Balaban J connectivity index is 1.63. The summed E-state index contributed by atoms with van der Waals surface area (Å²) in [4.78, 5) is 4.88. The van der Waals surface area contributed by atoms with E-state index in [9.17, 15) is 0 Å². The van der Waals surface area contributed by atoms with Crippen molar-refractivity contribution in [3.63, 3.8) is 0 Å². The second kappa shape index (κ2) is 6.02. The van der Waals surface area contributed by atoms with Crippen LogP contribution in [0.2, 0.25) is 0 Å². The van der Waals surface area contributed by atoms with Gasteiger partial charge in [0.15, 0.2) is 0 Å². The molecule has 1 unspecified atom stereocenters. The summed E-state index contributed by atoms with van der Waals surface area (Å²) in [6.45, 7) is 9.14. The van der Waals surface area contributed by atoms with Crippen molar-refractivity contribution in [2.24, 2.45) is 5.92 Å². The Bertz CT molecular complexity index is 436. The largest absolute Gasteiger partial charge is 0.382 e. The van der Waals surface area contributed by atoms with Gasteiger partial charge in [-0.25, -0.2) is 0 Å². The molecular formula is C16H26N4. The molecular weight excluding hydrogens is 248 g/mol. The van der Waals surface area contributed by atoms with Crippen LogP contribution in [-0.2, 0) is 0 Å². The average Bonchev–Trinajstić information content (AvgIpc) is 2.37. The van der Waals surface area contributed by atoms with Crippen LogP contribution in [0, 0.1) is 5.92 Å². The molecule has 0 saturated carbocycles. The summed E-state index contributed by atoms with van der Waals surface area (Å²) in [5.41, 5.74) is 2.60. The third-order valence-electron chi connectivity index (χ3n) is 4.63. The van der Waals surface area contributed by atoms with Crippen molar-refractivity contribution in [1.82, 2.24) is 10.2 Å². The molecule has 2 saturated heterocycles. The minimum absolute atomic E-state index is 0.541. The number of hydrogen-bond donors (Lipinski definition) is 2. The van der Waals surface area contributed by atoms with E-state index in [4.69, 9.17) is 0 Å². The molecule has 20 heavy (non-hydrogen) atoms. The van der Waals surface area contributed by atoms with Crippen molar-refractivity contribution >= 4 is 11.4 Å². The van der Waals surface area contributed by atoms with E-state index in [1.165, 1.54) is 11.4 Å². The summed E-state index contributed by atoms with van der Waals surface area (Å²) < 4.78 is 0. The predicted molar refractivity (Wildman–Crippen MR) is 85.6 cm³/mol. The van der Waals surface area contributed by atoms with Crippen LogP contribution in [0.25, 0.3) is 0 Å². The van der Waals surface area contributed by atoms with Gasteiger partial charge in [-0.2, -0.15) is 0 Å². The quantitative estimate of drug-likeness (QED) is 0.870. The van der Waals surface area contributed by atoms with Gasteiger partial charge in [0.2, 0.25) is 0 Å². The van der Waals surface area contributed by atoms with Crippen LogP contribution >= 0.6 is 0 Å². The molecule has 2 aliphatic heterocycles. The second-order valence-electron chi connectivity index (χ2n) is 6.19. The standard InChI is InChI=1S/C16H26N4/c1-13(14-11-17-12-14)18-15-4-3-5-16(10-15)20-8-6-19(2)7-9-20/h3-5,10,13-14,17-18H,6-9,11-12H2,1-2H3. The van der Waals surface area contributed by atoms with Crippen molar-refractivity contribution in [2.45, 2.75) is 13.0 Å². The molecule has 0 aliphatic carbocycles. The molecule has 2 fully saturated rings. The van der Waals surface area contributed by atoms with Gasteiger partial charge < -0.3 is 20.4 Å². The van der Waals surface area contributed by atoms with Crippen molar-refractivity contribution in [1.29, 1.82) is 0 Å². The molecule has 0 aromatic heterocycles. The molecule has 4 heteroatoms. The van der Waals surface area contributed by atoms with Crippen molar-refractivity contribution < 1.29 is 0 Å². The Morgan fingerprint density at radius 1 is 1.20 bits per heavy atom. The van der Waals surface area contributed by atoms with E-state index in [1.807, 2.05) is 0 Å². The van der Waals surface area contributed by atoms with Gasteiger partial charge in [-0.15, -0.1) is 0 Å². The third kappa shape index (κ3) is 3.07. The van der Waals surface area contributed by atoms with Crippen LogP contribution in [0.15, 0.2) is 24.3 Å². The maximum absolute atomic E-state index is 3.65. The Morgan fingerprint density at radius 3 is 2.60 bits per heavy atom. The number of likely N-dealkylation sites (N-methyl/N-ethyl adjacent to an activating group) is 1. The van der Waals surface area contributed by atoms with Gasteiger partial charge in [-0.3, -0.25) is 0 Å². The highest BCUT2D eigenvalue weighted by atomic mass is 15.2. The Labute approximate surface area is 122 Å². The molecule has 2 heterocycles. The second-order valence-corrected chi connectivity index (χ2v) is 6.19. The van der Waals surface area contributed by atoms with Gasteiger partial charge in [-0.05, 0) is 32.2 Å². The third-order valence-corrected chi connectivity index (χ3v) is 4.63. The summed E-state index contributed by atoms with van der Waals surface area (Å²) in [7, 11) is 2.20. The monoisotopic (exact) mass is 274 g/mol. The lowest BCUT2D eigenvalue weighted by Crippen LogP contribution is -2.49. The van der Waals surface area contributed by atoms with Crippen LogP contribution in [0.4, 0.5) is 11.4 Å². The average molecular weight is 274 g/mol. The number of rotatable bonds is 4. The fourth-order valence-electron chi connectivity index (χ4n) is 2.90. The molecule has 1 aromatic carbocycles. The molecule has 0 bridgehead atoms. The van der Waals surface area contributed by atoms with Gasteiger partial charge in [0, 0.05) is 62.6 Å². The summed E-state index contributed by atoms with van der Waals surface area (Å²) >= 11 is 0. The fourth-order valence-corrected chi connectivity index (χ4v) is 2.90. The molecule has 3 rings (SSSR count). The first kappa shape index (κ1) is 13.7. The van der Waals surface area contributed by atoms with Crippen LogP contribution in [-0.4, -0.2) is 57.3 Å². The molecule has 0 radical (unpaired) electrons. The zero-order valence-corrected chi connectivity index (χ0v) is 12.6. The fraction of sp³-hybridized carbons (Fsp3) is 0.625. The normalized spacial score (nSPS) is 22.4. The van der Waals surface area contributed by atoms with E-state index in [0.29, 0.717) is 6.04 Å². The molecule has 1 atom stereocenters. The van der Waals surface area contributed by atoms with Crippen LogP contribution in [0.5, 0.6) is 0 Å². The molecule has 4 nitrogen and oxygen atoms in total. The molecule has 2 aliphatic rings. The van der Waals surface area contributed by atoms with E-state index in [2.05, 4.69) is 58.7 Å². The molecule has 0 spiro atoms. The van der Waals surface area contributed by atoms with E-state index in [1.54, 1.807) is 0 Å². The van der Waals surface area contributed by atoms with E-state index in [-0.39, 0.29) is 0 Å². The van der Waals surface area contributed by atoms with E-state index < -0.39 is 0 Å². The lowest BCUT2D eigenvalue weighted by molar-refractivity contribution is 0.312. The lowest BCUT2D eigenvalue weighted by Gasteiger charge is -2.35. The number of hydrogen-bond acceptors (Lipinski definition) is 4. The lowest BCUT2D eigenvalue weighted by atomic mass is 9.95. The van der Waals surface area contributed by atoms with Crippen molar-refractivity contribution in [3.05, 3.63) is 24.3 Å². The summed E-state index contributed by atoms with van der Waals surface area (Å²) in [5, 5.41) is 7.00. The summed E-state index contributed by atoms with van der Waals surface area (Å²) in [5.74, 6) is 0.766. The summed E-state index contributed by atoms with van der Waals surface area (Å²) in [6, 6.07) is 9.42. The highest BCUT2D eigenvalue weighted by Crippen LogP contribution is 2.22. The maximum atomic E-state index is 3.65. The molecule has 110 valence electrons. The Kier molecular flexibility index (Phi) is 4.13. The zero-order valence-electron chi connectivity index (χ0n) is 12.6. The first-order chi connectivity index (χ1) is 9.72. The Hall–Kier alpha value is -1.26. The first-order valence-corrected chi connectivity index (χ1v) is 7.73. The van der Waals surface area contributed by atoms with Gasteiger partial charge in [0.05, 0.1) is 0 Å². The number of benzene rings is 1. The minimum Gasteiger partial charge on any atom is -0.382 e. The van der Waals surface area contributed by atoms with Gasteiger partial charge in [-0.1, -0.05) is 6.07 Å². The van der Waals surface area contributed by atoms with Gasteiger partial charge in [0.25, 0.3) is 0 Å². The topological polar surface area (TPSA) is 30.5 Å². The first-order valence-electron chi connectivity index (χ1n) is 7.73. The number of nitrogens with one attached hydrogen (secondary N) is 2. The van der Waals surface area contributed by atoms with Crippen molar-refractivity contribution in [3.8, 4) is 0 Å². The summed E-state index contributed by atoms with van der Waals surface area (Å²) in [6.07, 6.45) is 0. The van der Waals surface area contributed by atoms with Crippen LogP contribution in [0.1, 0.15) is 6.92 Å². The highest BCUT2D eigenvalue weighted by molar-refractivity contribution is 5.58. The predicted octanol–water partition coefficient (Wildman–Crippen LogP) is 1.46. The molecule has 1 aromatic rings. The highest BCUT2D eigenvalue weighted by Gasteiger charge is 2.23. The number of nitrogens with zero attached hydrogens (tertiary/aromatic N) is 2. The number of piperazine rings is 1. The molecule has 2 N–H and O–H groups in total. The molecule has 0 amide bonds. The SMILES string of the molecule is CC(Nc1cccc(N2CCN(C)CC2)c1)C1CNC1. The zero-order chi connectivity index (χ0) is 13.9. The van der Waals surface area contributed by atoms with E-state index >= 15 is 0 Å². The van der Waals surface area contributed by atoms with Crippen molar-refractivity contribution in [2.75, 3.05) is 56.5 Å². The minimum atomic E-state index is 0.541. The number of anilines is 2.